The number of benzene rings is 9. The zero-order valence-corrected chi connectivity index (χ0v) is 30.5. The molecule has 0 radical (unpaired) electrons. The van der Waals surface area contributed by atoms with E-state index in [1.807, 2.05) is 11.3 Å². The molecule has 2 heterocycles. The van der Waals surface area contributed by atoms with E-state index in [1.54, 1.807) is 0 Å². The van der Waals surface area contributed by atoms with Gasteiger partial charge in [-0.25, -0.2) is 0 Å². The minimum atomic E-state index is 0.0522. The van der Waals surface area contributed by atoms with Gasteiger partial charge in [-0.2, -0.15) is 0 Å². The normalized spacial score (nSPS) is 13.8. The lowest BCUT2D eigenvalue weighted by Gasteiger charge is -2.30. The summed E-state index contributed by atoms with van der Waals surface area (Å²) < 4.78 is 5.26. The van der Waals surface area contributed by atoms with E-state index in [0.29, 0.717) is 0 Å². The van der Waals surface area contributed by atoms with Crippen LogP contribution in [0.15, 0.2) is 152 Å². The molecule has 1 aliphatic carbocycles. The first-order valence-electron chi connectivity index (χ1n) is 19.0. The number of para-hydroxylation sites is 1. The fourth-order valence-corrected chi connectivity index (χ4v) is 11.6. The van der Waals surface area contributed by atoms with Gasteiger partial charge in [-0.3, -0.25) is 0 Å². The summed E-state index contributed by atoms with van der Waals surface area (Å²) in [6, 6.07) is 57.6. The molecule has 0 fully saturated rings. The molecule has 11 aromatic rings. The summed E-state index contributed by atoms with van der Waals surface area (Å²) >= 11 is 1.93. The smallest absolute Gasteiger partial charge is 0.0547 e. The van der Waals surface area contributed by atoms with Crippen molar-refractivity contribution >= 4 is 85.6 Å². The third-order valence-corrected chi connectivity index (χ3v) is 14.0. The number of aromatic nitrogens is 1. The van der Waals surface area contributed by atoms with Crippen molar-refractivity contribution in [2.45, 2.75) is 32.1 Å². The number of fused-ring (bicyclic) bond motifs is 11. The van der Waals surface area contributed by atoms with Crippen LogP contribution in [0.3, 0.4) is 0 Å². The van der Waals surface area contributed by atoms with Gasteiger partial charge in [-0.15, -0.1) is 11.3 Å². The Morgan fingerprint density at radius 3 is 2.06 bits per heavy atom. The highest BCUT2D eigenvalue weighted by molar-refractivity contribution is 7.27. The van der Waals surface area contributed by atoms with E-state index in [9.17, 15) is 0 Å². The van der Waals surface area contributed by atoms with Crippen LogP contribution in [0.2, 0.25) is 0 Å². The Kier molecular flexibility index (Phi) is 5.90. The van der Waals surface area contributed by atoms with Crippen molar-refractivity contribution < 1.29 is 0 Å². The first kappa shape index (κ1) is 29.6. The minimum Gasteiger partial charge on any atom is -0.309 e. The molecule has 0 bridgehead atoms. The molecule has 250 valence electrons. The monoisotopic (exact) mass is 693 g/mol. The molecule has 0 atom stereocenters. The van der Waals surface area contributed by atoms with Gasteiger partial charge in [-0.1, -0.05) is 129 Å². The topological polar surface area (TPSA) is 4.93 Å². The van der Waals surface area contributed by atoms with Crippen molar-refractivity contribution in [2.24, 2.45) is 0 Å². The van der Waals surface area contributed by atoms with Crippen LogP contribution in [0.25, 0.3) is 102 Å². The largest absolute Gasteiger partial charge is 0.309 e. The van der Waals surface area contributed by atoms with Crippen molar-refractivity contribution in [2.75, 3.05) is 0 Å². The van der Waals surface area contributed by atoms with Crippen molar-refractivity contribution in [3.63, 3.8) is 0 Å². The number of nitrogens with zero attached hydrogens (tertiary/aromatic N) is 1. The first-order valence-corrected chi connectivity index (χ1v) is 19.8. The van der Waals surface area contributed by atoms with Gasteiger partial charge < -0.3 is 4.57 Å². The van der Waals surface area contributed by atoms with E-state index in [4.69, 9.17) is 0 Å². The zero-order chi connectivity index (χ0) is 35.0. The Balaban J connectivity index is 1.12. The summed E-state index contributed by atoms with van der Waals surface area (Å²) in [5.74, 6) is 0. The molecule has 0 saturated carbocycles. The van der Waals surface area contributed by atoms with Crippen molar-refractivity contribution in [1.29, 1.82) is 0 Å². The average molecular weight is 694 g/mol. The molecule has 0 aliphatic heterocycles. The molecule has 2 heteroatoms. The van der Waals surface area contributed by atoms with Gasteiger partial charge in [0.15, 0.2) is 0 Å². The first-order chi connectivity index (χ1) is 26.2. The van der Waals surface area contributed by atoms with Crippen LogP contribution < -0.4 is 0 Å². The second-order valence-corrected chi connectivity index (χ2v) is 16.1. The molecule has 0 saturated heterocycles. The van der Waals surface area contributed by atoms with Crippen molar-refractivity contribution in [1.82, 2.24) is 4.57 Å². The highest BCUT2D eigenvalue weighted by Crippen LogP contribution is 2.54. The summed E-state index contributed by atoms with van der Waals surface area (Å²) in [6.45, 7) is 4.71. The minimum absolute atomic E-state index is 0.0522. The van der Waals surface area contributed by atoms with Gasteiger partial charge in [0.2, 0.25) is 0 Å². The standard InChI is InChI=1S/C51H35NS/c1-3-51(4-2)41-20-8-5-14-33(41)34-25-23-31(28-42(34)51)30-24-26-44-40(27-30)35-15-6-9-21-43(35)52(44)45-29-32-13-11-19-39-47(32)48-36(45)17-12-18-38(48)49-37-16-7-10-22-46(37)53-50(39)49/h5-29H,3-4H2,1-2H3. The summed E-state index contributed by atoms with van der Waals surface area (Å²) in [4.78, 5) is 0. The Bertz CT molecular complexity index is 3310. The summed E-state index contributed by atoms with van der Waals surface area (Å²) in [7, 11) is 0. The van der Waals surface area contributed by atoms with Crippen LogP contribution in [0, 0.1) is 0 Å². The van der Waals surface area contributed by atoms with Crippen LogP contribution in [-0.4, -0.2) is 4.57 Å². The summed E-state index contributed by atoms with van der Waals surface area (Å²) in [5, 5.41) is 13.3. The maximum absolute atomic E-state index is 2.53. The second-order valence-electron chi connectivity index (χ2n) is 15.0. The van der Waals surface area contributed by atoms with E-state index in [2.05, 4.69) is 170 Å². The molecule has 9 aromatic carbocycles. The SMILES string of the molecule is CCC1(CC)c2ccccc2-c2ccc(-c3ccc4c(c3)c3ccccc3n4-c3cc4cccc5c6sc7ccccc7c6c6cccc3c6c45)cc21. The van der Waals surface area contributed by atoms with Gasteiger partial charge in [0.05, 0.1) is 16.7 Å². The molecule has 1 nitrogen and oxygen atoms in total. The lowest BCUT2D eigenvalue weighted by molar-refractivity contribution is 0.490. The zero-order valence-electron chi connectivity index (χ0n) is 29.7. The van der Waals surface area contributed by atoms with E-state index in [-0.39, 0.29) is 5.41 Å². The van der Waals surface area contributed by atoms with Crippen LogP contribution in [0.1, 0.15) is 37.8 Å². The summed E-state index contributed by atoms with van der Waals surface area (Å²) in [5.41, 5.74) is 12.1. The molecule has 53 heavy (non-hydrogen) atoms. The van der Waals surface area contributed by atoms with Gasteiger partial charge in [0.25, 0.3) is 0 Å². The van der Waals surface area contributed by atoms with Gasteiger partial charge in [0.1, 0.15) is 0 Å². The number of hydrogen-bond acceptors (Lipinski definition) is 1. The average Bonchev–Trinajstić information content (AvgIpc) is 3.86. The van der Waals surface area contributed by atoms with Crippen molar-refractivity contribution in [3.8, 4) is 27.9 Å². The molecular weight excluding hydrogens is 659 g/mol. The van der Waals surface area contributed by atoms with E-state index < -0.39 is 0 Å². The second kappa shape index (κ2) is 10.6. The Morgan fingerprint density at radius 1 is 0.472 bits per heavy atom. The maximum atomic E-state index is 2.53. The predicted molar refractivity (Wildman–Crippen MR) is 230 cm³/mol. The molecular formula is C51H35NS. The Labute approximate surface area is 311 Å². The molecule has 0 N–H and O–H groups in total. The highest BCUT2D eigenvalue weighted by atomic mass is 32.1. The molecule has 12 rings (SSSR count). The lowest BCUT2D eigenvalue weighted by atomic mass is 9.73. The van der Waals surface area contributed by atoms with Gasteiger partial charge in [0, 0.05) is 52.5 Å². The molecule has 0 unspecified atom stereocenters. The van der Waals surface area contributed by atoms with Crippen LogP contribution in [-0.2, 0) is 5.41 Å². The quantitative estimate of drug-likeness (QED) is 0.162. The number of hydrogen-bond donors (Lipinski definition) is 0. The Morgan fingerprint density at radius 2 is 1.15 bits per heavy atom. The van der Waals surface area contributed by atoms with Crippen LogP contribution >= 0.6 is 11.3 Å². The van der Waals surface area contributed by atoms with E-state index in [0.717, 1.165) is 12.8 Å². The Hall–Kier alpha value is -5.96. The third-order valence-electron chi connectivity index (χ3n) is 12.8. The van der Waals surface area contributed by atoms with Crippen molar-refractivity contribution in [3.05, 3.63) is 163 Å². The van der Waals surface area contributed by atoms with E-state index >= 15 is 0 Å². The predicted octanol–water partition coefficient (Wildman–Crippen LogP) is 14.8. The molecule has 2 aromatic heterocycles. The fourth-order valence-electron chi connectivity index (χ4n) is 10.4. The highest BCUT2D eigenvalue weighted by Gasteiger charge is 2.40. The fraction of sp³-hybridized carbons (Fsp3) is 0.0980. The molecule has 0 amide bonds. The van der Waals surface area contributed by atoms with E-state index in [1.165, 1.54) is 113 Å². The number of rotatable bonds is 4. The maximum Gasteiger partial charge on any atom is 0.0547 e. The lowest BCUT2D eigenvalue weighted by Crippen LogP contribution is -2.23. The summed E-state index contributed by atoms with van der Waals surface area (Å²) in [6.07, 6.45) is 2.19. The molecule has 0 spiro atoms. The number of thiophene rings is 1. The molecule has 1 aliphatic rings. The van der Waals surface area contributed by atoms with Gasteiger partial charge >= 0.3 is 0 Å². The van der Waals surface area contributed by atoms with Crippen LogP contribution in [0.4, 0.5) is 0 Å². The van der Waals surface area contributed by atoms with Crippen LogP contribution in [0.5, 0.6) is 0 Å². The third kappa shape index (κ3) is 3.71. The van der Waals surface area contributed by atoms with Gasteiger partial charge in [-0.05, 0) is 98.8 Å².